The standard InChI is InChI=1S/C23H18O2/c1-15-7-8-19-13-20(12-16(2)22(19)11-15)23(24)25-21-10-9-17-5-3-4-6-18(17)14-21/h3-14H,1-2H3. The molecule has 25 heavy (non-hydrogen) atoms. The van der Waals surface area contributed by atoms with Gasteiger partial charge < -0.3 is 4.74 Å². The molecule has 0 amide bonds. The van der Waals surface area contributed by atoms with Gasteiger partial charge in [-0.3, -0.25) is 0 Å². The van der Waals surface area contributed by atoms with Crippen molar-refractivity contribution < 1.29 is 9.53 Å². The zero-order valence-corrected chi connectivity index (χ0v) is 14.2. The molecule has 4 aromatic carbocycles. The molecule has 0 aliphatic carbocycles. The summed E-state index contributed by atoms with van der Waals surface area (Å²) in [5, 5.41) is 4.40. The number of benzene rings is 4. The highest BCUT2D eigenvalue weighted by molar-refractivity contribution is 5.98. The van der Waals surface area contributed by atoms with E-state index in [4.69, 9.17) is 4.74 Å². The molecule has 0 unspecified atom stereocenters. The lowest BCUT2D eigenvalue weighted by Crippen LogP contribution is -2.08. The van der Waals surface area contributed by atoms with Gasteiger partial charge >= 0.3 is 5.97 Å². The van der Waals surface area contributed by atoms with Crippen molar-refractivity contribution in [3.05, 3.63) is 89.5 Å². The normalized spacial score (nSPS) is 11.0. The number of esters is 1. The van der Waals surface area contributed by atoms with Crippen LogP contribution in [-0.2, 0) is 0 Å². The maximum absolute atomic E-state index is 12.6. The average Bonchev–Trinajstić information content (AvgIpc) is 2.62. The zero-order chi connectivity index (χ0) is 17.4. The molecule has 0 atom stereocenters. The summed E-state index contributed by atoms with van der Waals surface area (Å²) in [6.45, 7) is 4.09. The van der Waals surface area contributed by atoms with Gasteiger partial charge in [-0.1, -0.05) is 54.1 Å². The van der Waals surface area contributed by atoms with Gasteiger partial charge in [0.05, 0.1) is 5.56 Å². The zero-order valence-electron chi connectivity index (χ0n) is 14.2. The number of ether oxygens (including phenoxy) is 1. The lowest BCUT2D eigenvalue weighted by Gasteiger charge is -2.09. The van der Waals surface area contributed by atoms with Gasteiger partial charge in [0.1, 0.15) is 5.75 Å². The molecular weight excluding hydrogens is 308 g/mol. The van der Waals surface area contributed by atoms with Crippen molar-refractivity contribution in [2.24, 2.45) is 0 Å². The number of hydrogen-bond donors (Lipinski definition) is 0. The van der Waals surface area contributed by atoms with E-state index >= 15 is 0 Å². The molecule has 0 fully saturated rings. The maximum Gasteiger partial charge on any atom is 0.343 e. The Kier molecular flexibility index (Phi) is 3.73. The van der Waals surface area contributed by atoms with Crippen molar-refractivity contribution >= 4 is 27.5 Å². The van der Waals surface area contributed by atoms with E-state index in [1.807, 2.05) is 67.6 Å². The monoisotopic (exact) mass is 326 g/mol. The van der Waals surface area contributed by atoms with Crippen molar-refractivity contribution in [2.75, 3.05) is 0 Å². The Labute approximate surface area is 146 Å². The minimum absolute atomic E-state index is 0.333. The predicted molar refractivity (Wildman–Crippen MR) is 102 cm³/mol. The molecule has 0 aliphatic rings. The summed E-state index contributed by atoms with van der Waals surface area (Å²) in [5.41, 5.74) is 2.86. The first-order valence-electron chi connectivity index (χ1n) is 8.32. The highest BCUT2D eigenvalue weighted by Crippen LogP contribution is 2.25. The van der Waals surface area contributed by atoms with E-state index in [1.54, 1.807) is 0 Å². The summed E-state index contributed by atoms with van der Waals surface area (Å²) in [5.74, 6) is 0.228. The molecule has 0 heterocycles. The van der Waals surface area contributed by atoms with Gasteiger partial charge in [0.15, 0.2) is 0 Å². The van der Waals surface area contributed by atoms with Crippen LogP contribution in [0.4, 0.5) is 0 Å². The van der Waals surface area contributed by atoms with Crippen molar-refractivity contribution in [1.82, 2.24) is 0 Å². The Bertz CT molecular complexity index is 1110. The van der Waals surface area contributed by atoms with E-state index in [0.29, 0.717) is 11.3 Å². The fourth-order valence-electron chi connectivity index (χ4n) is 3.17. The summed E-state index contributed by atoms with van der Waals surface area (Å²) >= 11 is 0. The second-order valence-electron chi connectivity index (χ2n) is 6.42. The minimum atomic E-state index is -0.333. The maximum atomic E-state index is 12.6. The number of rotatable bonds is 2. The van der Waals surface area contributed by atoms with E-state index in [0.717, 1.165) is 21.7 Å². The summed E-state index contributed by atoms with van der Waals surface area (Å²) in [6, 6.07) is 23.7. The smallest absolute Gasteiger partial charge is 0.343 e. The van der Waals surface area contributed by atoms with Crippen LogP contribution in [0, 0.1) is 13.8 Å². The van der Waals surface area contributed by atoms with Gasteiger partial charge in [0.2, 0.25) is 0 Å². The number of carbonyl (C=O) groups is 1. The molecule has 0 aromatic heterocycles. The minimum Gasteiger partial charge on any atom is -0.423 e. The molecule has 2 nitrogen and oxygen atoms in total. The molecule has 0 saturated carbocycles. The van der Waals surface area contributed by atoms with Gasteiger partial charge in [-0.15, -0.1) is 0 Å². The molecular formula is C23H18O2. The van der Waals surface area contributed by atoms with Gasteiger partial charge in [0, 0.05) is 0 Å². The van der Waals surface area contributed by atoms with Crippen molar-refractivity contribution in [3.8, 4) is 5.75 Å². The summed E-state index contributed by atoms with van der Waals surface area (Å²) < 4.78 is 5.60. The molecule has 0 saturated heterocycles. The van der Waals surface area contributed by atoms with Crippen LogP contribution in [0.3, 0.4) is 0 Å². The average molecular weight is 326 g/mol. The highest BCUT2D eigenvalue weighted by Gasteiger charge is 2.11. The molecule has 0 spiro atoms. The number of fused-ring (bicyclic) bond motifs is 2. The largest absolute Gasteiger partial charge is 0.423 e. The third-order valence-corrected chi connectivity index (χ3v) is 4.48. The first-order valence-corrected chi connectivity index (χ1v) is 8.32. The molecule has 4 aromatic rings. The molecule has 4 rings (SSSR count). The Morgan fingerprint density at radius 2 is 1.52 bits per heavy atom. The second kappa shape index (κ2) is 6.06. The van der Waals surface area contributed by atoms with E-state index < -0.39 is 0 Å². The van der Waals surface area contributed by atoms with Crippen molar-refractivity contribution in [3.63, 3.8) is 0 Å². The molecule has 122 valence electrons. The van der Waals surface area contributed by atoms with Crippen molar-refractivity contribution in [2.45, 2.75) is 13.8 Å². The number of hydrogen-bond acceptors (Lipinski definition) is 2. The van der Waals surface area contributed by atoms with E-state index in [9.17, 15) is 4.79 Å². The van der Waals surface area contributed by atoms with E-state index in [-0.39, 0.29) is 5.97 Å². The summed E-state index contributed by atoms with van der Waals surface area (Å²) in [7, 11) is 0. The molecule has 0 aliphatic heterocycles. The fraction of sp³-hybridized carbons (Fsp3) is 0.0870. The van der Waals surface area contributed by atoms with Crippen LogP contribution in [0.1, 0.15) is 21.5 Å². The van der Waals surface area contributed by atoms with Gasteiger partial charge in [-0.2, -0.15) is 0 Å². The van der Waals surface area contributed by atoms with Crippen LogP contribution in [-0.4, -0.2) is 5.97 Å². The summed E-state index contributed by atoms with van der Waals surface area (Å²) in [6.07, 6.45) is 0. The Hall–Kier alpha value is -3.13. The Balaban J connectivity index is 1.68. The van der Waals surface area contributed by atoms with Crippen LogP contribution >= 0.6 is 0 Å². The van der Waals surface area contributed by atoms with Crippen LogP contribution in [0.2, 0.25) is 0 Å². The lowest BCUT2D eigenvalue weighted by atomic mass is 10.00. The molecule has 2 heteroatoms. The van der Waals surface area contributed by atoms with Gasteiger partial charge in [0.25, 0.3) is 0 Å². The third-order valence-electron chi connectivity index (χ3n) is 4.48. The molecule has 0 N–H and O–H groups in total. The fourth-order valence-corrected chi connectivity index (χ4v) is 3.17. The van der Waals surface area contributed by atoms with Crippen LogP contribution in [0.5, 0.6) is 5.75 Å². The van der Waals surface area contributed by atoms with Gasteiger partial charge in [-0.25, -0.2) is 4.79 Å². The first-order chi connectivity index (χ1) is 12.1. The summed E-state index contributed by atoms with van der Waals surface area (Å²) in [4.78, 5) is 12.6. The predicted octanol–water partition coefficient (Wildman–Crippen LogP) is 5.83. The van der Waals surface area contributed by atoms with Crippen LogP contribution in [0.15, 0.2) is 72.8 Å². The Morgan fingerprint density at radius 1 is 0.760 bits per heavy atom. The topological polar surface area (TPSA) is 26.3 Å². The molecule has 0 radical (unpaired) electrons. The number of carbonyl (C=O) groups excluding carboxylic acids is 1. The SMILES string of the molecule is Cc1ccc2cc(C(=O)Oc3ccc4ccccc4c3)cc(C)c2c1. The van der Waals surface area contributed by atoms with Crippen LogP contribution in [0.25, 0.3) is 21.5 Å². The van der Waals surface area contributed by atoms with Crippen molar-refractivity contribution in [1.29, 1.82) is 0 Å². The molecule has 0 bridgehead atoms. The quantitative estimate of drug-likeness (QED) is 0.342. The third kappa shape index (κ3) is 2.99. The van der Waals surface area contributed by atoms with E-state index in [2.05, 4.69) is 19.1 Å². The van der Waals surface area contributed by atoms with Gasteiger partial charge in [-0.05, 0) is 65.2 Å². The number of aryl methyl sites for hydroxylation is 2. The second-order valence-corrected chi connectivity index (χ2v) is 6.42. The lowest BCUT2D eigenvalue weighted by molar-refractivity contribution is 0.0735. The van der Waals surface area contributed by atoms with Crippen LogP contribution < -0.4 is 4.74 Å². The Morgan fingerprint density at radius 3 is 2.36 bits per heavy atom. The highest BCUT2D eigenvalue weighted by atomic mass is 16.5. The first kappa shape index (κ1) is 15.4. The van der Waals surface area contributed by atoms with E-state index in [1.165, 1.54) is 10.9 Å².